The fourth-order valence-corrected chi connectivity index (χ4v) is 5.16. The Bertz CT molecular complexity index is 1280. The number of hydrogen-bond acceptors (Lipinski definition) is 8. The molecule has 0 saturated carbocycles. The Morgan fingerprint density at radius 3 is 2.63 bits per heavy atom. The maximum Gasteiger partial charge on any atom is 0.264 e. The number of rotatable bonds is 4. The average molecular weight is 430 g/mol. The summed E-state index contributed by atoms with van der Waals surface area (Å²) in [5.41, 5.74) is 0.879. The highest BCUT2D eigenvalue weighted by Crippen LogP contribution is 2.27. The van der Waals surface area contributed by atoms with Crippen LogP contribution in [-0.2, 0) is 22.5 Å². The van der Waals surface area contributed by atoms with Gasteiger partial charge in [-0.05, 0) is 38.5 Å². The van der Waals surface area contributed by atoms with E-state index >= 15 is 0 Å². The van der Waals surface area contributed by atoms with Gasteiger partial charge >= 0.3 is 0 Å². The third kappa shape index (κ3) is 3.92. The summed E-state index contributed by atoms with van der Waals surface area (Å²) in [4.78, 5) is 26.0. The molecule has 10 heteroatoms. The molecule has 0 aliphatic carbocycles. The third-order valence-corrected chi connectivity index (χ3v) is 6.93. The number of hydrogen-bond donors (Lipinski definition) is 2. The van der Waals surface area contributed by atoms with Gasteiger partial charge in [-0.2, -0.15) is 0 Å². The summed E-state index contributed by atoms with van der Waals surface area (Å²) in [7, 11) is -1.49. The normalized spacial score (nSPS) is 18.6. The standard InChI is InChI=1S/C20H23N5O4S/c1-20(2,27)16-5-4-12(9-21-16)14-8-15-17(19(26)25(3)11-22-15)18(24-14)23-13-6-7-30(28,29)10-13/h4-5,8-9,11,13,27H,6-7,10H2,1-3H3,(H,23,24). The zero-order valence-electron chi connectivity index (χ0n) is 17.0. The predicted molar refractivity (Wildman–Crippen MR) is 114 cm³/mol. The number of anilines is 1. The van der Waals surface area contributed by atoms with E-state index in [9.17, 15) is 18.3 Å². The molecule has 3 aromatic heterocycles. The van der Waals surface area contributed by atoms with Crippen LogP contribution in [0.25, 0.3) is 22.2 Å². The lowest BCUT2D eigenvalue weighted by molar-refractivity contribution is 0.0739. The molecule has 1 aliphatic heterocycles. The molecule has 30 heavy (non-hydrogen) atoms. The number of nitrogens with one attached hydrogen (secondary N) is 1. The summed E-state index contributed by atoms with van der Waals surface area (Å²) in [6.07, 6.45) is 3.50. The Kier molecular flexibility index (Phi) is 4.86. The van der Waals surface area contributed by atoms with Crippen molar-refractivity contribution in [2.75, 3.05) is 16.8 Å². The minimum atomic E-state index is -3.09. The molecule has 4 heterocycles. The highest BCUT2D eigenvalue weighted by molar-refractivity contribution is 7.91. The summed E-state index contributed by atoms with van der Waals surface area (Å²) in [6.45, 7) is 3.31. The predicted octanol–water partition coefficient (Wildman–Crippen LogP) is 1.22. The Morgan fingerprint density at radius 1 is 1.27 bits per heavy atom. The van der Waals surface area contributed by atoms with Gasteiger partial charge in [-0.25, -0.2) is 18.4 Å². The highest BCUT2D eigenvalue weighted by Gasteiger charge is 2.29. The quantitative estimate of drug-likeness (QED) is 0.634. The zero-order valence-corrected chi connectivity index (χ0v) is 17.8. The number of sulfone groups is 1. The first kappa shape index (κ1) is 20.4. The van der Waals surface area contributed by atoms with Crippen molar-refractivity contribution in [2.45, 2.75) is 31.9 Å². The first-order valence-electron chi connectivity index (χ1n) is 9.56. The molecule has 0 spiro atoms. The summed E-state index contributed by atoms with van der Waals surface area (Å²) in [5, 5.41) is 13.6. The molecule has 158 valence electrons. The van der Waals surface area contributed by atoms with E-state index in [-0.39, 0.29) is 23.1 Å². The molecule has 0 radical (unpaired) electrons. The molecule has 1 fully saturated rings. The maximum absolute atomic E-state index is 12.7. The largest absolute Gasteiger partial charge is 0.384 e. The van der Waals surface area contributed by atoms with Crippen LogP contribution >= 0.6 is 0 Å². The lowest BCUT2D eigenvalue weighted by atomic mass is 10.0. The van der Waals surface area contributed by atoms with Gasteiger partial charge < -0.3 is 15.0 Å². The van der Waals surface area contributed by atoms with E-state index in [1.807, 2.05) is 0 Å². The Hall–Kier alpha value is -2.85. The van der Waals surface area contributed by atoms with Gasteiger partial charge in [0.15, 0.2) is 9.84 Å². The van der Waals surface area contributed by atoms with Crippen molar-refractivity contribution in [2.24, 2.45) is 7.05 Å². The van der Waals surface area contributed by atoms with Crippen LogP contribution < -0.4 is 10.9 Å². The van der Waals surface area contributed by atoms with E-state index in [0.29, 0.717) is 40.1 Å². The monoisotopic (exact) mass is 429 g/mol. The fourth-order valence-electron chi connectivity index (χ4n) is 3.48. The van der Waals surface area contributed by atoms with E-state index in [4.69, 9.17) is 0 Å². The topological polar surface area (TPSA) is 127 Å². The molecular formula is C20H23N5O4S. The van der Waals surface area contributed by atoms with Gasteiger partial charge in [0.25, 0.3) is 5.56 Å². The van der Waals surface area contributed by atoms with Gasteiger partial charge in [0.2, 0.25) is 0 Å². The number of aliphatic hydroxyl groups is 1. The van der Waals surface area contributed by atoms with Gasteiger partial charge in [0.05, 0.1) is 34.7 Å². The molecule has 3 aromatic rings. The van der Waals surface area contributed by atoms with E-state index in [1.54, 1.807) is 45.3 Å². The second-order valence-electron chi connectivity index (χ2n) is 8.15. The van der Waals surface area contributed by atoms with Crippen molar-refractivity contribution in [1.82, 2.24) is 19.5 Å². The number of nitrogens with zero attached hydrogens (tertiary/aromatic N) is 4. The van der Waals surface area contributed by atoms with E-state index in [0.717, 1.165) is 0 Å². The molecule has 2 N–H and O–H groups in total. The van der Waals surface area contributed by atoms with E-state index in [1.165, 1.54) is 10.9 Å². The van der Waals surface area contributed by atoms with Crippen LogP contribution in [0.4, 0.5) is 5.82 Å². The average Bonchev–Trinajstić information content (AvgIpc) is 3.02. The van der Waals surface area contributed by atoms with Crippen LogP contribution in [0.5, 0.6) is 0 Å². The van der Waals surface area contributed by atoms with Gasteiger partial charge in [0, 0.05) is 24.8 Å². The van der Waals surface area contributed by atoms with Crippen LogP contribution in [0.1, 0.15) is 26.0 Å². The first-order valence-corrected chi connectivity index (χ1v) is 11.4. The first-order chi connectivity index (χ1) is 14.0. The van der Waals surface area contributed by atoms with E-state index < -0.39 is 15.4 Å². The van der Waals surface area contributed by atoms with Gasteiger partial charge in [-0.1, -0.05) is 0 Å². The number of aryl methyl sites for hydroxylation is 1. The molecule has 1 saturated heterocycles. The smallest absolute Gasteiger partial charge is 0.264 e. The van der Waals surface area contributed by atoms with Crippen LogP contribution in [0, 0.1) is 0 Å². The fraction of sp³-hybridized carbons (Fsp3) is 0.400. The van der Waals surface area contributed by atoms with Crippen LogP contribution in [0.15, 0.2) is 35.5 Å². The molecule has 4 rings (SSSR count). The molecule has 9 nitrogen and oxygen atoms in total. The molecule has 1 unspecified atom stereocenters. The highest BCUT2D eigenvalue weighted by atomic mass is 32.2. The maximum atomic E-state index is 12.7. The Balaban J connectivity index is 1.82. The van der Waals surface area contributed by atoms with Crippen molar-refractivity contribution in [3.63, 3.8) is 0 Å². The minimum absolute atomic E-state index is 0.00279. The lowest BCUT2D eigenvalue weighted by Crippen LogP contribution is -2.24. The van der Waals surface area contributed by atoms with Gasteiger partial charge in [0.1, 0.15) is 16.8 Å². The van der Waals surface area contributed by atoms with Crippen molar-refractivity contribution in [1.29, 1.82) is 0 Å². The molecule has 0 amide bonds. The second-order valence-corrected chi connectivity index (χ2v) is 10.4. The third-order valence-electron chi connectivity index (χ3n) is 5.16. The van der Waals surface area contributed by atoms with Crippen LogP contribution in [-0.4, -0.2) is 50.6 Å². The Labute approximate surface area is 173 Å². The second kappa shape index (κ2) is 7.13. The van der Waals surface area contributed by atoms with Gasteiger partial charge in [-0.3, -0.25) is 9.78 Å². The van der Waals surface area contributed by atoms with Gasteiger partial charge in [-0.15, -0.1) is 0 Å². The number of fused-ring (bicyclic) bond motifs is 1. The van der Waals surface area contributed by atoms with Crippen molar-refractivity contribution in [3.8, 4) is 11.3 Å². The summed E-state index contributed by atoms with van der Waals surface area (Å²) in [6, 6.07) is 4.89. The minimum Gasteiger partial charge on any atom is -0.384 e. The Morgan fingerprint density at radius 2 is 2.03 bits per heavy atom. The van der Waals surface area contributed by atoms with Crippen molar-refractivity contribution < 1.29 is 13.5 Å². The number of aromatic nitrogens is 4. The van der Waals surface area contributed by atoms with Crippen LogP contribution in [0.3, 0.4) is 0 Å². The number of pyridine rings is 2. The SMILES string of the molecule is Cn1cnc2cc(-c3ccc(C(C)(C)O)nc3)nc(NC3CCS(=O)(=O)C3)c2c1=O. The summed E-state index contributed by atoms with van der Waals surface area (Å²) in [5.74, 6) is 0.425. The summed E-state index contributed by atoms with van der Waals surface area (Å²) < 4.78 is 25.1. The molecule has 1 aliphatic rings. The van der Waals surface area contributed by atoms with Crippen LogP contribution in [0.2, 0.25) is 0 Å². The molecule has 0 bridgehead atoms. The molecule has 1 atom stereocenters. The lowest BCUT2D eigenvalue weighted by Gasteiger charge is -2.17. The molecule has 0 aromatic carbocycles. The molecular weight excluding hydrogens is 406 g/mol. The van der Waals surface area contributed by atoms with Crippen molar-refractivity contribution >= 4 is 26.6 Å². The summed E-state index contributed by atoms with van der Waals surface area (Å²) >= 11 is 0. The zero-order chi connectivity index (χ0) is 21.7. The van der Waals surface area contributed by atoms with E-state index in [2.05, 4.69) is 20.3 Å². The van der Waals surface area contributed by atoms with Crippen molar-refractivity contribution in [3.05, 3.63) is 46.8 Å².